The van der Waals surface area contributed by atoms with Gasteiger partial charge in [-0.05, 0) is 30.7 Å². The lowest BCUT2D eigenvalue weighted by Gasteiger charge is -2.30. The molecule has 0 aliphatic carbocycles. The topological polar surface area (TPSA) is 66.8 Å². The highest BCUT2D eigenvalue weighted by Gasteiger charge is 2.28. The summed E-state index contributed by atoms with van der Waals surface area (Å²) in [6, 6.07) is 4.19. The summed E-state index contributed by atoms with van der Waals surface area (Å²) >= 11 is 1.77. The highest BCUT2D eigenvalue weighted by atomic mass is 32.1. The van der Waals surface area contributed by atoms with E-state index in [0.29, 0.717) is 19.6 Å². The van der Waals surface area contributed by atoms with Crippen molar-refractivity contribution in [2.75, 3.05) is 19.7 Å². The van der Waals surface area contributed by atoms with Crippen molar-refractivity contribution in [2.45, 2.75) is 38.2 Å². The molecule has 2 rings (SSSR count). The molecule has 1 aromatic heterocycles. The fourth-order valence-electron chi connectivity index (χ4n) is 2.39. The summed E-state index contributed by atoms with van der Waals surface area (Å²) in [5.74, 6) is -0.955. The summed E-state index contributed by atoms with van der Waals surface area (Å²) in [7, 11) is 0. The van der Waals surface area contributed by atoms with Crippen LogP contribution in [0.15, 0.2) is 17.5 Å². The van der Waals surface area contributed by atoms with E-state index >= 15 is 0 Å². The fourth-order valence-corrected chi connectivity index (χ4v) is 3.14. The average molecular weight is 311 g/mol. The highest BCUT2D eigenvalue weighted by molar-refractivity contribution is 7.09. The number of unbranched alkanes of at least 4 members (excludes halogenated alkanes) is 2. The first-order chi connectivity index (χ1) is 10.2. The van der Waals surface area contributed by atoms with E-state index in [4.69, 9.17) is 9.84 Å². The fraction of sp³-hybridized carbons (Fsp3) is 0.600. The van der Waals surface area contributed by atoms with Gasteiger partial charge in [0.05, 0.1) is 13.2 Å². The number of ether oxygens (including phenoxy) is 1. The van der Waals surface area contributed by atoms with Crippen LogP contribution in [0.3, 0.4) is 0 Å². The van der Waals surface area contributed by atoms with Crippen molar-refractivity contribution in [1.29, 1.82) is 0 Å². The summed E-state index contributed by atoms with van der Waals surface area (Å²) in [6.45, 7) is 0.974. The second kappa shape index (κ2) is 8.14. The van der Waals surface area contributed by atoms with Crippen LogP contribution >= 0.6 is 11.3 Å². The van der Waals surface area contributed by atoms with Gasteiger partial charge in [0.1, 0.15) is 0 Å². The summed E-state index contributed by atoms with van der Waals surface area (Å²) in [5, 5.41) is 11.0. The van der Waals surface area contributed by atoms with E-state index in [9.17, 15) is 9.59 Å². The number of carbonyl (C=O) groups is 2. The molecule has 0 saturated carbocycles. The highest BCUT2D eigenvalue weighted by Crippen LogP contribution is 2.14. The van der Waals surface area contributed by atoms with E-state index in [1.165, 1.54) is 4.88 Å². The number of carboxylic acid groups (broad SMARTS) is 1. The molecule has 116 valence electrons. The molecule has 1 saturated heterocycles. The molecule has 1 aliphatic heterocycles. The number of hydrogen-bond acceptors (Lipinski definition) is 4. The minimum Gasteiger partial charge on any atom is -0.479 e. The molecule has 0 spiro atoms. The van der Waals surface area contributed by atoms with Gasteiger partial charge in [-0.15, -0.1) is 11.3 Å². The number of nitrogens with zero attached hydrogens (tertiary/aromatic N) is 1. The molecular formula is C15H21NO4S. The molecule has 2 heterocycles. The van der Waals surface area contributed by atoms with Crippen LogP contribution < -0.4 is 0 Å². The van der Waals surface area contributed by atoms with Crippen molar-refractivity contribution in [1.82, 2.24) is 4.90 Å². The van der Waals surface area contributed by atoms with E-state index in [0.717, 1.165) is 25.7 Å². The molecule has 0 bridgehead atoms. The van der Waals surface area contributed by atoms with Crippen molar-refractivity contribution in [3.63, 3.8) is 0 Å². The van der Waals surface area contributed by atoms with Gasteiger partial charge in [0.15, 0.2) is 6.10 Å². The standard InChI is InChI=1S/C15H21NO4S/c17-14(16-8-9-20-13(11-16)15(18)19)7-3-1-2-5-12-6-4-10-21-12/h4,6,10,13H,1-3,5,7-9,11H2,(H,18,19)/t13-/m1/s1. The molecule has 0 aromatic carbocycles. The number of hydrogen-bond donors (Lipinski definition) is 1. The van der Waals surface area contributed by atoms with Gasteiger partial charge in [-0.3, -0.25) is 4.79 Å². The van der Waals surface area contributed by atoms with E-state index in [-0.39, 0.29) is 12.5 Å². The third-order valence-electron chi connectivity index (χ3n) is 3.59. The number of aliphatic carboxylic acids is 1. The first-order valence-electron chi connectivity index (χ1n) is 7.31. The molecule has 21 heavy (non-hydrogen) atoms. The van der Waals surface area contributed by atoms with Crippen LogP contribution in [0.4, 0.5) is 0 Å². The predicted molar refractivity (Wildman–Crippen MR) is 80.4 cm³/mol. The Morgan fingerprint density at radius 2 is 2.24 bits per heavy atom. The lowest BCUT2D eigenvalue weighted by molar-refractivity contribution is -0.159. The van der Waals surface area contributed by atoms with Crippen LogP contribution in [0.5, 0.6) is 0 Å². The van der Waals surface area contributed by atoms with Gasteiger partial charge in [-0.2, -0.15) is 0 Å². The normalized spacial score (nSPS) is 18.7. The predicted octanol–water partition coefficient (Wildman–Crippen LogP) is 2.16. The Kier molecular flexibility index (Phi) is 6.20. The molecule has 5 nitrogen and oxygen atoms in total. The maximum absolute atomic E-state index is 12.0. The van der Waals surface area contributed by atoms with Gasteiger partial charge >= 0.3 is 5.97 Å². The van der Waals surface area contributed by atoms with Gasteiger partial charge in [0.25, 0.3) is 0 Å². The van der Waals surface area contributed by atoms with Crippen molar-refractivity contribution >= 4 is 23.2 Å². The Bertz CT molecular complexity index is 460. The number of morpholine rings is 1. The van der Waals surface area contributed by atoms with Crippen LogP contribution in [-0.4, -0.2) is 47.7 Å². The summed E-state index contributed by atoms with van der Waals surface area (Å²) in [6.07, 6.45) is 3.67. The zero-order valence-corrected chi connectivity index (χ0v) is 12.8. The second-order valence-electron chi connectivity index (χ2n) is 5.18. The number of carboxylic acids is 1. The zero-order valence-electron chi connectivity index (χ0n) is 12.0. The quantitative estimate of drug-likeness (QED) is 0.784. The first-order valence-corrected chi connectivity index (χ1v) is 8.19. The van der Waals surface area contributed by atoms with E-state index < -0.39 is 12.1 Å². The van der Waals surface area contributed by atoms with Crippen molar-refractivity contribution < 1.29 is 19.4 Å². The molecular weight excluding hydrogens is 290 g/mol. The number of carbonyl (C=O) groups excluding carboxylic acids is 1. The lowest BCUT2D eigenvalue weighted by Crippen LogP contribution is -2.48. The SMILES string of the molecule is O=C(O)[C@H]1CN(C(=O)CCCCCc2cccs2)CCO1. The van der Waals surface area contributed by atoms with Gasteiger partial charge in [0, 0.05) is 17.8 Å². The zero-order chi connectivity index (χ0) is 15.1. The Morgan fingerprint density at radius 1 is 1.38 bits per heavy atom. The molecule has 1 N–H and O–H groups in total. The van der Waals surface area contributed by atoms with E-state index in [2.05, 4.69) is 17.5 Å². The smallest absolute Gasteiger partial charge is 0.334 e. The lowest BCUT2D eigenvalue weighted by atomic mass is 10.1. The molecule has 6 heteroatoms. The van der Waals surface area contributed by atoms with Gasteiger partial charge < -0.3 is 14.7 Å². The van der Waals surface area contributed by atoms with Crippen molar-refractivity contribution in [2.24, 2.45) is 0 Å². The molecule has 1 fully saturated rings. The summed E-state index contributed by atoms with van der Waals surface area (Å²) in [5.41, 5.74) is 0. The maximum atomic E-state index is 12.0. The molecule has 1 amide bonds. The Morgan fingerprint density at radius 3 is 2.95 bits per heavy atom. The number of rotatable bonds is 7. The molecule has 1 aliphatic rings. The number of aryl methyl sites for hydroxylation is 1. The Labute approximate surface area is 128 Å². The summed E-state index contributed by atoms with van der Waals surface area (Å²) in [4.78, 5) is 25.9. The van der Waals surface area contributed by atoms with Crippen molar-refractivity contribution in [3.8, 4) is 0 Å². The van der Waals surface area contributed by atoms with Crippen LogP contribution in [0.1, 0.15) is 30.6 Å². The van der Waals surface area contributed by atoms with Crippen LogP contribution in [0.25, 0.3) is 0 Å². The third kappa shape index (κ3) is 5.13. The second-order valence-corrected chi connectivity index (χ2v) is 6.21. The van der Waals surface area contributed by atoms with Gasteiger partial charge in [0.2, 0.25) is 5.91 Å². The Balaban J connectivity index is 1.61. The number of amides is 1. The van der Waals surface area contributed by atoms with Crippen LogP contribution in [0.2, 0.25) is 0 Å². The largest absolute Gasteiger partial charge is 0.479 e. The van der Waals surface area contributed by atoms with Crippen LogP contribution in [-0.2, 0) is 20.7 Å². The maximum Gasteiger partial charge on any atom is 0.334 e. The van der Waals surface area contributed by atoms with Crippen molar-refractivity contribution in [3.05, 3.63) is 22.4 Å². The van der Waals surface area contributed by atoms with Gasteiger partial charge in [-0.1, -0.05) is 12.5 Å². The molecule has 1 atom stereocenters. The monoisotopic (exact) mass is 311 g/mol. The minimum absolute atomic E-state index is 0.0423. The van der Waals surface area contributed by atoms with Crippen LogP contribution in [0, 0.1) is 0 Å². The molecule has 0 radical (unpaired) electrons. The molecule has 1 aromatic rings. The average Bonchev–Trinajstić information content (AvgIpc) is 3.00. The minimum atomic E-state index is -0.997. The molecule has 0 unspecified atom stereocenters. The van der Waals surface area contributed by atoms with Gasteiger partial charge in [-0.25, -0.2) is 4.79 Å². The van der Waals surface area contributed by atoms with E-state index in [1.807, 2.05) is 0 Å². The number of thiophene rings is 1. The summed E-state index contributed by atoms with van der Waals surface area (Å²) < 4.78 is 5.11. The first kappa shape index (κ1) is 16.0. The Hall–Kier alpha value is -1.40. The third-order valence-corrected chi connectivity index (χ3v) is 4.52. The van der Waals surface area contributed by atoms with E-state index in [1.54, 1.807) is 16.2 Å².